The number of rotatable bonds is 8. The van der Waals surface area contributed by atoms with Gasteiger partial charge < -0.3 is 19.5 Å². The average molecular weight is 411 g/mol. The van der Waals surface area contributed by atoms with E-state index in [4.69, 9.17) is 14.2 Å². The van der Waals surface area contributed by atoms with Crippen molar-refractivity contribution in [2.45, 2.75) is 26.7 Å². The highest BCUT2D eigenvalue weighted by Crippen LogP contribution is 2.29. The molecule has 0 atom stereocenters. The van der Waals surface area contributed by atoms with Crippen molar-refractivity contribution in [1.82, 2.24) is 5.43 Å². The Morgan fingerprint density at radius 1 is 1.20 bits per heavy atom. The van der Waals surface area contributed by atoms with Crippen molar-refractivity contribution >= 4 is 23.2 Å². The molecule has 0 aliphatic carbocycles. The predicted molar refractivity (Wildman–Crippen MR) is 114 cm³/mol. The first-order valence-corrected chi connectivity index (χ1v) is 9.74. The second kappa shape index (κ2) is 9.78. The van der Waals surface area contributed by atoms with Gasteiger partial charge in [-0.3, -0.25) is 9.59 Å². The van der Waals surface area contributed by atoms with Gasteiger partial charge >= 0.3 is 0 Å². The number of methoxy groups -OCH3 is 1. The number of hydrazone groups is 1. The number of hydrogen-bond donors (Lipinski definition) is 2. The number of nitrogens with one attached hydrogen (secondary N) is 2. The summed E-state index contributed by atoms with van der Waals surface area (Å²) in [5.41, 5.74) is 4.85. The number of nitrogens with zero attached hydrogens (tertiary/aromatic N) is 1. The van der Waals surface area contributed by atoms with E-state index in [0.29, 0.717) is 40.8 Å². The minimum absolute atomic E-state index is 0.00136. The first-order valence-electron chi connectivity index (χ1n) is 9.74. The van der Waals surface area contributed by atoms with E-state index in [1.54, 1.807) is 37.3 Å². The van der Waals surface area contributed by atoms with Gasteiger partial charge in [0.25, 0.3) is 11.8 Å². The summed E-state index contributed by atoms with van der Waals surface area (Å²) in [5, 5.41) is 6.92. The predicted octanol–water partition coefficient (Wildman–Crippen LogP) is 3.36. The van der Waals surface area contributed by atoms with Gasteiger partial charge in [0, 0.05) is 5.56 Å². The van der Waals surface area contributed by atoms with E-state index in [0.717, 1.165) is 18.4 Å². The van der Waals surface area contributed by atoms with Crippen LogP contribution in [0.4, 0.5) is 5.69 Å². The third-order valence-electron chi connectivity index (χ3n) is 4.54. The zero-order valence-electron chi connectivity index (χ0n) is 17.3. The van der Waals surface area contributed by atoms with Crippen molar-refractivity contribution in [2.75, 3.05) is 25.6 Å². The molecule has 2 aromatic rings. The molecular weight excluding hydrogens is 386 g/mol. The number of carbonyl (C=O) groups is 2. The van der Waals surface area contributed by atoms with Crippen molar-refractivity contribution in [1.29, 1.82) is 0 Å². The van der Waals surface area contributed by atoms with Crippen molar-refractivity contribution in [3.05, 3.63) is 47.5 Å². The highest BCUT2D eigenvalue weighted by molar-refractivity contribution is 6.03. The maximum atomic E-state index is 12.5. The summed E-state index contributed by atoms with van der Waals surface area (Å²) >= 11 is 0. The number of fused-ring (bicyclic) bond motifs is 1. The van der Waals surface area contributed by atoms with Gasteiger partial charge in [-0.2, -0.15) is 5.10 Å². The van der Waals surface area contributed by atoms with Gasteiger partial charge in [-0.15, -0.1) is 0 Å². The summed E-state index contributed by atoms with van der Waals surface area (Å²) in [6.45, 7) is 4.44. The Hall–Kier alpha value is -3.55. The summed E-state index contributed by atoms with van der Waals surface area (Å²) in [6.07, 6.45) is 1.97. The molecule has 2 aromatic carbocycles. The number of benzene rings is 2. The third-order valence-corrected chi connectivity index (χ3v) is 4.54. The highest BCUT2D eigenvalue weighted by atomic mass is 16.5. The second-order valence-electron chi connectivity index (χ2n) is 6.75. The molecule has 30 heavy (non-hydrogen) atoms. The van der Waals surface area contributed by atoms with Gasteiger partial charge in [-0.1, -0.05) is 13.3 Å². The van der Waals surface area contributed by atoms with E-state index < -0.39 is 0 Å². The Bertz CT molecular complexity index is 971. The first-order chi connectivity index (χ1) is 14.5. The molecule has 0 saturated heterocycles. The van der Waals surface area contributed by atoms with E-state index in [1.165, 1.54) is 7.11 Å². The molecule has 0 unspecified atom stereocenters. The molecule has 0 fully saturated rings. The Balaban J connectivity index is 1.69. The Morgan fingerprint density at radius 3 is 2.77 bits per heavy atom. The molecule has 0 radical (unpaired) electrons. The molecule has 8 nitrogen and oxygen atoms in total. The fraction of sp³-hybridized carbons (Fsp3) is 0.318. The minimum Gasteiger partial charge on any atom is -0.493 e. The fourth-order valence-corrected chi connectivity index (χ4v) is 2.83. The van der Waals surface area contributed by atoms with Crippen molar-refractivity contribution in [2.24, 2.45) is 5.10 Å². The van der Waals surface area contributed by atoms with Crippen LogP contribution >= 0.6 is 0 Å². The number of amides is 2. The van der Waals surface area contributed by atoms with Gasteiger partial charge in [0.1, 0.15) is 5.75 Å². The topological polar surface area (TPSA) is 98.2 Å². The molecule has 1 heterocycles. The summed E-state index contributed by atoms with van der Waals surface area (Å²) < 4.78 is 16.4. The lowest BCUT2D eigenvalue weighted by atomic mass is 10.1. The SMILES string of the molecule is CCCCOc1ccc(C(=O)N/N=C(/C)c2ccc3c(c2)NC(=O)CO3)cc1OC. The molecule has 0 saturated carbocycles. The monoisotopic (exact) mass is 411 g/mol. The van der Waals surface area contributed by atoms with Crippen LogP contribution in [0.15, 0.2) is 41.5 Å². The van der Waals surface area contributed by atoms with Crippen molar-refractivity contribution in [3.63, 3.8) is 0 Å². The second-order valence-corrected chi connectivity index (χ2v) is 6.75. The van der Waals surface area contributed by atoms with Crippen molar-refractivity contribution < 1.29 is 23.8 Å². The third kappa shape index (κ3) is 5.08. The van der Waals surface area contributed by atoms with E-state index in [2.05, 4.69) is 22.8 Å². The lowest BCUT2D eigenvalue weighted by Gasteiger charge is -2.18. The number of carbonyl (C=O) groups excluding carboxylic acids is 2. The normalized spacial score (nSPS) is 13.0. The zero-order chi connectivity index (χ0) is 21.5. The molecule has 2 N–H and O–H groups in total. The largest absolute Gasteiger partial charge is 0.493 e. The Labute approximate surface area is 175 Å². The molecule has 158 valence electrons. The van der Waals surface area contributed by atoms with Gasteiger partial charge in [0.15, 0.2) is 18.1 Å². The highest BCUT2D eigenvalue weighted by Gasteiger charge is 2.17. The van der Waals surface area contributed by atoms with Gasteiger partial charge in [0.05, 0.1) is 25.1 Å². The lowest BCUT2D eigenvalue weighted by Crippen LogP contribution is -2.25. The summed E-state index contributed by atoms with van der Waals surface area (Å²) in [7, 11) is 1.53. The smallest absolute Gasteiger partial charge is 0.271 e. The van der Waals surface area contributed by atoms with Crippen LogP contribution in [0.5, 0.6) is 17.2 Å². The molecule has 1 aliphatic heterocycles. The lowest BCUT2D eigenvalue weighted by molar-refractivity contribution is -0.118. The van der Waals surface area contributed by atoms with Crippen LogP contribution in [0.2, 0.25) is 0 Å². The zero-order valence-corrected chi connectivity index (χ0v) is 17.3. The number of ether oxygens (including phenoxy) is 3. The molecule has 1 aliphatic rings. The van der Waals surface area contributed by atoms with Crippen LogP contribution in [-0.4, -0.2) is 37.8 Å². The van der Waals surface area contributed by atoms with Crippen molar-refractivity contribution in [3.8, 4) is 17.2 Å². The van der Waals surface area contributed by atoms with Gasteiger partial charge in [-0.25, -0.2) is 5.43 Å². The summed E-state index contributed by atoms with van der Waals surface area (Å²) in [4.78, 5) is 24.0. The number of hydrogen-bond acceptors (Lipinski definition) is 6. The Morgan fingerprint density at radius 2 is 2.00 bits per heavy atom. The maximum Gasteiger partial charge on any atom is 0.271 e. The molecule has 2 amide bonds. The molecule has 3 rings (SSSR count). The van der Waals surface area contributed by atoms with Crippen LogP contribution in [-0.2, 0) is 4.79 Å². The van der Waals surface area contributed by atoms with E-state index in [-0.39, 0.29) is 18.4 Å². The van der Waals surface area contributed by atoms with Crippen LogP contribution in [0, 0.1) is 0 Å². The summed E-state index contributed by atoms with van der Waals surface area (Å²) in [5.74, 6) is 1.11. The summed E-state index contributed by atoms with van der Waals surface area (Å²) in [6, 6.07) is 10.3. The standard InChI is InChI=1S/C22H25N3O5/c1-4-5-10-29-19-9-7-16(12-20(19)28-3)22(27)25-24-14(2)15-6-8-18-17(11-15)23-21(26)13-30-18/h6-9,11-12H,4-5,10,13H2,1-3H3,(H,23,26)(H,25,27)/b24-14-. The molecule has 8 heteroatoms. The quantitative estimate of drug-likeness (QED) is 0.394. The average Bonchev–Trinajstić information content (AvgIpc) is 2.76. The first kappa shape index (κ1) is 21.2. The fourth-order valence-electron chi connectivity index (χ4n) is 2.83. The molecular formula is C22H25N3O5. The maximum absolute atomic E-state index is 12.5. The van der Waals surface area contributed by atoms with E-state index in [9.17, 15) is 9.59 Å². The van der Waals surface area contributed by atoms with E-state index >= 15 is 0 Å². The number of unbranched alkanes of at least 4 members (excludes halogenated alkanes) is 1. The molecule has 0 spiro atoms. The van der Waals surface area contributed by atoms with Gasteiger partial charge in [0.2, 0.25) is 0 Å². The van der Waals surface area contributed by atoms with Crippen LogP contribution in [0.25, 0.3) is 0 Å². The van der Waals surface area contributed by atoms with Crippen LogP contribution in [0.3, 0.4) is 0 Å². The van der Waals surface area contributed by atoms with E-state index in [1.807, 2.05) is 6.07 Å². The molecule has 0 aromatic heterocycles. The van der Waals surface area contributed by atoms with Gasteiger partial charge in [-0.05, 0) is 55.3 Å². The molecule has 0 bridgehead atoms. The minimum atomic E-state index is -0.373. The Kier molecular flexibility index (Phi) is 6.90. The van der Waals surface area contributed by atoms with Crippen LogP contribution in [0.1, 0.15) is 42.6 Å². The van der Waals surface area contributed by atoms with Crippen LogP contribution < -0.4 is 25.0 Å². The number of anilines is 1.